The molecule has 4 heteroatoms. The van der Waals surface area contributed by atoms with Crippen LogP contribution in [-0.2, 0) is 23.8 Å². The molecule has 40 heavy (non-hydrogen) atoms. The van der Waals surface area contributed by atoms with Gasteiger partial charge >= 0.3 is 0 Å². The molecule has 0 amide bonds. The number of hydrogen-bond acceptors (Lipinski definition) is 3. The number of nitrogens with zero attached hydrogens (tertiary/aromatic N) is 3. The van der Waals surface area contributed by atoms with E-state index in [-0.39, 0.29) is 5.82 Å². The summed E-state index contributed by atoms with van der Waals surface area (Å²) >= 11 is 0. The summed E-state index contributed by atoms with van der Waals surface area (Å²) in [6.07, 6.45) is 2.67. The lowest BCUT2D eigenvalue weighted by Crippen LogP contribution is -2.59. The summed E-state index contributed by atoms with van der Waals surface area (Å²) in [6.45, 7) is 5.16. The van der Waals surface area contributed by atoms with Crippen molar-refractivity contribution in [3.8, 4) is 11.1 Å². The summed E-state index contributed by atoms with van der Waals surface area (Å²) in [5, 5.41) is 9.46. The van der Waals surface area contributed by atoms with E-state index in [1.165, 1.54) is 44.6 Å². The highest BCUT2D eigenvalue weighted by atomic mass is 19.1. The van der Waals surface area contributed by atoms with Gasteiger partial charge in [-0.2, -0.15) is 10.2 Å². The van der Waals surface area contributed by atoms with Crippen molar-refractivity contribution in [2.24, 2.45) is 0 Å². The number of fused-ring (bicyclic) bond motifs is 12. The molecule has 1 aliphatic carbocycles. The van der Waals surface area contributed by atoms with Gasteiger partial charge in [0.1, 0.15) is 5.82 Å². The first-order valence-corrected chi connectivity index (χ1v) is 14.2. The lowest BCUT2D eigenvalue weighted by molar-refractivity contribution is 0.276. The van der Waals surface area contributed by atoms with E-state index >= 15 is 0 Å². The van der Waals surface area contributed by atoms with Gasteiger partial charge in [0.05, 0.1) is 28.0 Å². The van der Waals surface area contributed by atoms with Crippen LogP contribution in [0.3, 0.4) is 0 Å². The Morgan fingerprint density at radius 2 is 1.32 bits per heavy atom. The fourth-order valence-electron chi connectivity index (χ4n) is 8.39. The summed E-state index contributed by atoms with van der Waals surface area (Å²) in [7, 11) is 0. The van der Waals surface area contributed by atoms with Crippen LogP contribution in [0, 0.1) is 19.7 Å². The minimum Gasteiger partial charge on any atom is -0.358 e. The zero-order valence-corrected chi connectivity index (χ0v) is 22.8. The largest absolute Gasteiger partial charge is 0.358 e. The molecule has 196 valence electrons. The average Bonchev–Trinajstić information content (AvgIpc) is 3.45. The molecule has 8 rings (SSSR count). The maximum Gasteiger partial charge on any atom is 0.123 e. The Kier molecular flexibility index (Phi) is 4.92. The van der Waals surface area contributed by atoms with Crippen LogP contribution in [0.1, 0.15) is 51.2 Å². The third-order valence-electron chi connectivity index (χ3n) is 9.73. The molecule has 0 fully saturated rings. The van der Waals surface area contributed by atoms with Crippen LogP contribution in [0.25, 0.3) is 11.1 Å². The number of aromatic nitrogens is 2. The third-order valence-corrected chi connectivity index (χ3v) is 9.73. The van der Waals surface area contributed by atoms with E-state index in [2.05, 4.69) is 96.6 Å². The lowest BCUT2D eigenvalue weighted by Gasteiger charge is -2.54. The molecule has 0 radical (unpaired) electrons. The van der Waals surface area contributed by atoms with Crippen molar-refractivity contribution in [2.75, 3.05) is 11.4 Å². The molecule has 0 N–H and O–H groups in total. The second-order valence-corrected chi connectivity index (χ2v) is 11.5. The molecule has 5 aromatic rings. The quantitative estimate of drug-likeness (QED) is 0.246. The van der Waals surface area contributed by atoms with Crippen molar-refractivity contribution in [1.82, 2.24) is 10.2 Å². The molecular weight excluding hydrogens is 493 g/mol. The number of rotatable bonds is 3. The zero-order chi connectivity index (χ0) is 27.1. The molecule has 3 heterocycles. The van der Waals surface area contributed by atoms with E-state index in [1.807, 2.05) is 12.1 Å². The minimum absolute atomic E-state index is 0.196. The Morgan fingerprint density at radius 1 is 0.725 bits per heavy atom. The van der Waals surface area contributed by atoms with Gasteiger partial charge < -0.3 is 4.90 Å². The Balaban J connectivity index is 1.54. The fourth-order valence-corrected chi connectivity index (χ4v) is 8.39. The van der Waals surface area contributed by atoms with E-state index in [9.17, 15) is 4.39 Å². The number of halogens is 1. The van der Waals surface area contributed by atoms with Gasteiger partial charge in [-0.25, -0.2) is 4.39 Å². The van der Waals surface area contributed by atoms with Crippen LogP contribution < -0.4 is 4.90 Å². The molecule has 1 atom stereocenters. The van der Waals surface area contributed by atoms with Gasteiger partial charge in [0.2, 0.25) is 0 Å². The van der Waals surface area contributed by atoms with Gasteiger partial charge in [-0.1, -0.05) is 84.9 Å². The molecule has 0 bridgehead atoms. The summed E-state index contributed by atoms with van der Waals surface area (Å²) in [5.74, 6) is -0.196. The maximum absolute atomic E-state index is 13.9. The highest BCUT2D eigenvalue weighted by Gasteiger charge is 2.68. The predicted octanol–water partition coefficient (Wildman–Crippen LogP) is 7.45. The SMILES string of the molecule is Cc1nnc(C)c2c1N1CCc3ccccc3C1(CCc1ccc(F)cc1)C21c2ccccc2-c2ccccc21. The Hall–Kier alpha value is -4.31. The molecule has 3 nitrogen and oxygen atoms in total. The Bertz CT molecular complexity index is 1760. The van der Waals surface area contributed by atoms with Crippen LogP contribution >= 0.6 is 0 Å². The smallest absolute Gasteiger partial charge is 0.123 e. The van der Waals surface area contributed by atoms with Crippen molar-refractivity contribution in [3.63, 3.8) is 0 Å². The van der Waals surface area contributed by atoms with E-state index < -0.39 is 11.0 Å². The van der Waals surface area contributed by atoms with Crippen LogP contribution in [0.2, 0.25) is 0 Å². The Morgan fingerprint density at radius 3 is 2.02 bits per heavy atom. The Labute approximate surface area is 234 Å². The highest BCUT2D eigenvalue weighted by Crippen LogP contribution is 2.71. The van der Waals surface area contributed by atoms with Gasteiger partial charge in [-0.3, -0.25) is 0 Å². The summed E-state index contributed by atoms with van der Waals surface area (Å²) < 4.78 is 13.9. The van der Waals surface area contributed by atoms with Gasteiger partial charge in [0.25, 0.3) is 0 Å². The standard InChI is InChI=1S/C36H30FN3/c1-23-33-34(24(2)39-38-23)40-22-20-26-9-3-6-12-30(26)35(40,21-19-25-15-17-27(37)18-16-25)36(33)31-13-7-4-10-28(31)29-11-5-8-14-32(29)36/h3-18H,19-22H2,1-2H3. The van der Waals surface area contributed by atoms with Crippen LogP contribution in [0.15, 0.2) is 97.1 Å². The third kappa shape index (κ3) is 2.79. The molecule has 0 saturated heterocycles. The first kappa shape index (κ1) is 23.6. The monoisotopic (exact) mass is 523 g/mol. The fraction of sp³-hybridized carbons (Fsp3) is 0.222. The van der Waals surface area contributed by atoms with Crippen molar-refractivity contribution >= 4 is 5.69 Å². The van der Waals surface area contributed by atoms with Gasteiger partial charge in [-0.15, -0.1) is 0 Å². The lowest BCUT2D eigenvalue weighted by atomic mass is 9.56. The molecule has 1 aromatic heterocycles. The number of anilines is 1. The average molecular weight is 524 g/mol. The summed E-state index contributed by atoms with van der Waals surface area (Å²) in [5.41, 5.74) is 12.8. The molecule has 1 spiro atoms. The zero-order valence-electron chi connectivity index (χ0n) is 22.8. The van der Waals surface area contributed by atoms with Crippen LogP contribution in [-0.4, -0.2) is 16.7 Å². The molecule has 2 aliphatic heterocycles. The van der Waals surface area contributed by atoms with Crippen molar-refractivity contribution in [3.05, 3.63) is 148 Å². The van der Waals surface area contributed by atoms with E-state index in [4.69, 9.17) is 5.10 Å². The van der Waals surface area contributed by atoms with Crippen LogP contribution in [0.4, 0.5) is 10.1 Å². The first-order valence-electron chi connectivity index (χ1n) is 14.2. The second kappa shape index (κ2) is 8.34. The maximum atomic E-state index is 13.9. The molecule has 4 aromatic carbocycles. The molecule has 3 aliphatic rings. The van der Waals surface area contributed by atoms with Gasteiger partial charge in [0, 0.05) is 12.1 Å². The number of benzene rings is 4. The summed E-state index contributed by atoms with van der Waals surface area (Å²) in [6, 6.07) is 34.0. The van der Waals surface area contributed by atoms with Crippen molar-refractivity contribution in [1.29, 1.82) is 0 Å². The van der Waals surface area contributed by atoms with Gasteiger partial charge in [0.15, 0.2) is 0 Å². The van der Waals surface area contributed by atoms with Gasteiger partial charge in [-0.05, 0) is 84.2 Å². The number of hydrogen-bond donors (Lipinski definition) is 0. The predicted molar refractivity (Wildman–Crippen MR) is 157 cm³/mol. The van der Waals surface area contributed by atoms with E-state index in [1.54, 1.807) is 12.1 Å². The second-order valence-electron chi connectivity index (χ2n) is 11.5. The molecule has 0 saturated carbocycles. The van der Waals surface area contributed by atoms with Crippen LogP contribution in [0.5, 0.6) is 0 Å². The van der Waals surface area contributed by atoms with E-state index in [0.29, 0.717) is 0 Å². The van der Waals surface area contributed by atoms with E-state index in [0.717, 1.165) is 42.8 Å². The highest BCUT2D eigenvalue weighted by molar-refractivity contribution is 5.91. The molecule has 1 unspecified atom stereocenters. The first-order chi connectivity index (χ1) is 19.6. The molecular formula is C36H30FN3. The van der Waals surface area contributed by atoms with Crippen molar-refractivity contribution < 1.29 is 4.39 Å². The number of aryl methyl sites for hydroxylation is 3. The topological polar surface area (TPSA) is 29.0 Å². The van der Waals surface area contributed by atoms with Crippen molar-refractivity contribution in [2.45, 2.75) is 44.1 Å². The minimum atomic E-state index is -0.475. The normalized spacial score (nSPS) is 19.1. The summed E-state index contributed by atoms with van der Waals surface area (Å²) in [4.78, 5) is 2.68.